The molecule has 2 aromatic carbocycles. The predicted molar refractivity (Wildman–Crippen MR) is 91.8 cm³/mol. The van der Waals surface area contributed by atoms with Gasteiger partial charge < -0.3 is 5.32 Å². The van der Waals surface area contributed by atoms with Gasteiger partial charge in [-0.1, -0.05) is 52.3 Å². The lowest BCUT2D eigenvalue weighted by molar-refractivity contribution is 0.598. The van der Waals surface area contributed by atoms with Gasteiger partial charge >= 0.3 is 0 Å². The molecule has 0 aliphatic rings. The van der Waals surface area contributed by atoms with Gasteiger partial charge in [-0.2, -0.15) is 0 Å². The number of nitrogens with one attached hydrogen (secondary N) is 1. The molecule has 0 aromatic heterocycles. The van der Waals surface area contributed by atoms with Crippen LogP contribution in [0.1, 0.15) is 25.5 Å². The lowest BCUT2D eigenvalue weighted by Crippen LogP contribution is -2.17. The van der Waals surface area contributed by atoms with Gasteiger partial charge in [-0.3, -0.25) is 0 Å². The van der Waals surface area contributed by atoms with E-state index in [1.54, 1.807) is 11.8 Å². The first-order valence-electron chi connectivity index (χ1n) is 6.56. The Balaban J connectivity index is 2.14. The molecule has 0 aliphatic carbocycles. The molecule has 1 N–H and O–H groups in total. The molecule has 0 heterocycles. The highest BCUT2D eigenvalue weighted by atomic mass is 79.9. The molecule has 0 saturated carbocycles. The molecule has 20 heavy (non-hydrogen) atoms. The fourth-order valence-corrected chi connectivity index (χ4v) is 3.51. The molecule has 0 amide bonds. The third-order valence-electron chi connectivity index (χ3n) is 3.00. The fourth-order valence-electron chi connectivity index (χ4n) is 1.98. The van der Waals surface area contributed by atoms with E-state index in [9.17, 15) is 0 Å². The average Bonchev–Trinajstić information content (AvgIpc) is 2.42. The van der Waals surface area contributed by atoms with Gasteiger partial charge in [0.1, 0.15) is 0 Å². The fraction of sp³-hybridized carbons (Fsp3) is 0.250. The van der Waals surface area contributed by atoms with Crippen molar-refractivity contribution in [1.29, 1.82) is 0 Å². The lowest BCUT2D eigenvalue weighted by Gasteiger charge is -2.15. The van der Waals surface area contributed by atoms with E-state index in [0.29, 0.717) is 0 Å². The van der Waals surface area contributed by atoms with Gasteiger partial charge in [0.2, 0.25) is 0 Å². The maximum absolute atomic E-state index is 6.39. The van der Waals surface area contributed by atoms with Crippen LogP contribution in [0.3, 0.4) is 0 Å². The van der Waals surface area contributed by atoms with E-state index in [1.165, 1.54) is 4.90 Å². The van der Waals surface area contributed by atoms with Crippen molar-refractivity contribution in [3.63, 3.8) is 0 Å². The molecule has 1 atom stereocenters. The number of hydrogen-bond acceptors (Lipinski definition) is 2. The van der Waals surface area contributed by atoms with Crippen LogP contribution in [-0.4, -0.2) is 6.54 Å². The minimum atomic E-state index is 0.277. The third-order valence-corrected chi connectivity index (χ3v) is 4.85. The lowest BCUT2D eigenvalue weighted by atomic mass is 10.1. The first kappa shape index (κ1) is 15.9. The van der Waals surface area contributed by atoms with Crippen LogP contribution < -0.4 is 5.32 Å². The van der Waals surface area contributed by atoms with Gasteiger partial charge in [0.25, 0.3) is 0 Å². The summed E-state index contributed by atoms with van der Waals surface area (Å²) in [6.07, 6.45) is 0. The molecular formula is C16H17BrClNS. The van der Waals surface area contributed by atoms with Gasteiger partial charge in [-0.05, 0) is 55.4 Å². The average molecular weight is 371 g/mol. The maximum Gasteiger partial charge on any atom is 0.0464 e. The summed E-state index contributed by atoms with van der Waals surface area (Å²) in [6.45, 7) is 5.17. The Morgan fingerprint density at radius 2 is 1.80 bits per heavy atom. The Bertz CT molecular complexity index is 571. The van der Waals surface area contributed by atoms with E-state index >= 15 is 0 Å². The highest BCUT2D eigenvalue weighted by molar-refractivity contribution is 9.10. The van der Waals surface area contributed by atoms with Crippen molar-refractivity contribution >= 4 is 39.3 Å². The van der Waals surface area contributed by atoms with Gasteiger partial charge in [0.05, 0.1) is 0 Å². The van der Waals surface area contributed by atoms with Crippen LogP contribution >= 0.6 is 39.3 Å². The minimum Gasteiger partial charge on any atom is -0.310 e. The van der Waals surface area contributed by atoms with Crippen molar-refractivity contribution in [2.75, 3.05) is 6.54 Å². The smallest absolute Gasteiger partial charge is 0.0464 e. The summed E-state index contributed by atoms with van der Waals surface area (Å²) >= 11 is 11.6. The highest BCUT2D eigenvalue weighted by Gasteiger charge is 2.09. The molecule has 0 radical (unpaired) electrons. The summed E-state index contributed by atoms with van der Waals surface area (Å²) in [6, 6.07) is 14.8. The molecule has 0 aliphatic heterocycles. The van der Waals surface area contributed by atoms with Crippen LogP contribution in [0.5, 0.6) is 0 Å². The minimum absolute atomic E-state index is 0.277. The van der Waals surface area contributed by atoms with Crippen molar-refractivity contribution in [1.82, 2.24) is 5.32 Å². The van der Waals surface area contributed by atoms with E-state index in [1.807, 2.05) is 18.2 Å². The summed E-state index contributed by atoms with van der Waals surface area (Å²) in [4.78, 5) is 2.36. The molecule has 1 unspecified atom stereocenters. The highest BCUT2D eigenvalue weighted by Crippen LogP contribution is 2.33. The van der Waals surface area contributed by atoms with E-state index in [4.69, 9.17) is 11.6 Å². The van der Waals surface area contributed by atoms with Crippen molar-refractivity contribution in [2.24, 2.45) is 0 Å². The number of hydrogen-bond donors (Lipinski definition) is 1. The summed E-state index contributed by atoms with van der Waals surface area (Å²) in [5.74, 6) is 0. The summed E-state index contributed by atoms with van der Waals surface area (Å²) in [5, 5.41) is 4.20. The summed E-state index contributed by atoms with van der Waals surface area (Å²) in [5.41, 5.74) is 1.15. The van der Waals surface area contributed by atoms with Crippen molar-refractivity contribution < 1.29 is 0 Å². The molecule has 0 bridgehead atoms. The van der Waals surface area contributed by atoms with Crippen molar-refractivity contribution in [3.05, 3.63) is 57.5 Å². The number of benzene rings is 2. The van der Waals surface area contributed by atoms with E-state index in [0.717, 1.165) is 26.5 Å². The van der Waals surface area contributed by atoms with Gasteiger partial charge in [0.15, 0.2) is 0 Å². The van der Waals surface area contributed by atoms with Gasteiger partial charge in [-0.15, -0.1) is 0 Å². The topological polar surface area (TPSA) is 12.0 Å². The Labute approximate surface area is 138 Å². The normalized spacial score (nSPS) is 12.4. The second-order valence-electron chi connectivity index (χ2n) is 4.52. The SMILES string of the molecule is CCNC(C)c1ccc(Sc2ccc(Br)cc2)cc1Cl. The maximum atomic E-state index is 6.39. The van der Waals surface area contributed by atoms with Crippen LogP contribution in [0.2, 0.25) is 5.02 Å². The Hall–Kier alpha value is -0.480. The monoisotopic (exact) mass is 369 g/mol. The second kappa shape index (κ2) is 7.51. The molecule has 4 heteroatoms. The zero-order valence-corrected chi connectivity index (χ0v) is 14.6. The largest absolute Gasteiger partial charge is 0.310 e. The quantitative estimate of drug-likeness (QED) is 0.700. The molecule has 2 rings (SSSR count). The Morgan fingerprint density at radius 3 is 2.40 bits per heavy atom. The molecule has 2 aromatic rings. The van der Waals surface area contributed by atoms with E-state index in [2.05, 4.69) is 59.4 Å². The number of rotatable bonds is 5. The summed E-state index contributed by atoms with van der Waals surface area (Å²) in [7, 11) is 0. The predicted octanol–water partition coefficient (Wildman–Crippen LogP) is 5.92. The molecular weight excluding hydrogens is 354 g/mol. The molecule has 0 spiro atoms. The Kier molecular flexibility index (Phi) is 5.97. The zero-order chi connectivity index (χ0) is 14.5. The van der Waals surface area contributed by atoms with Crippen LogP contribution in [-0.2, 0) is 0 Å². The van der Waals surface area contributed by atoms with E-state index in [-0.39, 0.29) is 6.04 Å². The number of halogens is 2. The zero-order valence-electron chi connectivity index (χ0n) is 11.5. The second-order valence-corrected chi connectivity index (χ2v) is 6.99. The molecule has 0 fully saturated rings. The summed E-state index contributed by atoms with van der Waals surface area (Å²) < 4.78 is 1.09. The van der Waals surface area contributed by atoms with Crippen LogP contribution in [0.15, 0.2) is 56.7 Å². The van der Waals surface area contributed by atoms with Crippen LogP contribution in [0, 0.1) is 0 Å². The van der Waals surface area contributed by atoms with Crippen molar-refractivity contribution in [3.8, 4) is 0 Å². The molecule has 1 nitrogen and oxygen atoms in total. The van der Waals surface area contributed by atoms with E-state index < -0.39 is 0 Å². The van der Waals surface area contributed by atoms with Crippen molar-refractivity contribution in [2.45, 2.75) is 29.7 Å². The first-order valence-corrected chi connectivity index (χ1v) is 8.55. The molecule has 106 valence electrons. The van der Waals surface area contributed by atoms with Gasteiger partial charge in [-0.25, -0.2) is 0 Å². The Morgan fingerprint density at radius 1 is 1.15 bits per heavy atom. The van der Waals surface area contributed by atoms with Crippen LogP contribution in [0.4, 0.5) is 0 Å². The van der Waals surface area contributed by atoms with Gasteiger partial charge in [0, 0.05) is 25.3 Å². The molecule has 0 saturated heterocycles. The van der Waals surface area contributed by atoms with Crippen LogP contribution in [0.25, 0.3) is 0 Å². The first-order chi connectivity index (χ1) is 9.60. The standard InChI is InChI=1S/C16H17BrClNS/c1-3-19-11(2)15-9-8-14(10-16(15)18)20-13-6-4-12(17)5-7-13/h4-11,19H,3H2,1-2H3. The third kappa shape index (κ3) is 4.26.